The third-order valence-electron chi connectivity index (χ3n) is 6.10. The lowest BCUT2D eigenvalue weighted by Crippen LogP contribution is -2.38. The molecule has 164 valence electrons. The van der Waals surface area contributed by atoms with E-state index in [0.717, 1.165) is 49.1 Å². The zero-order valence-corrected chi connectivity index (χ0v) is 17.7. The summed E-state index contributed by atoms with van der Waals surface area (Å²) >= 11 is 0. The Labute approximate surface area is 182 Å². The molecule has 1 aromatic heterocycles. The fourth-order valence-electron chi connectivity index (χ4n) is 4.33. The molecule has 5 N–H and O–H groups in total. The summed E-state index contributed by atoms with van der Waals surface area (Å²) in [6.07, 6.45) is 8.10. The SMILES string of the molecule is Nc1nc(NCCc2ccc(NO)cc2)cc(C2=CCN(C(=O)C3CCCC3)CC2)n1. The lowest BCUT2D eigenvalue weighted by atomic mass is 10.0. The van der Waals surface area contributed by atoms with Gasteiger partial charge in [0.05, 0.1) is 11.4 Å². The molecule has 2 aliphatic rings. The molecule has 1 aliphatic heterocycles. The Hall–Kier alpha value is -3.13. The van der Waals surface area contributed by atoms with Gasteiger partial charge in [-0.05, 0) is 49.0 Å². The van der Waals surface area contributed by atoms with E-state index in [-0.39, 0.29) is 11.9 Å². The number of hydrogen-bond acceptors (Lipinski definition) is 7. The highest BCUT2D eigenvalue weighted by Crippen LogP contribution is 2.29. The van der Waals surface area contributed by atoms with Crippen molar-refractivity contribution < 1.29 is 10.0 Å². The first-order valence-corrected chi connectivity index (χ1v) is 11.0. The number of anilines is 3. The van der Waals surface area contributed by atoms with E-state index in [1.807, 2.05) is 35.2 Å². The first kappa shape index (κ1) is 21.1. The highest BCUT2D eigenvalue weighted by Gasteiger charge is 2.28. The Morgan fingerprint density at radius 1 is 1.19 bits per heavy atom. The number of hydrogen-bond donors (Lipinski definition) is 4. The largest absolute Gasteiger partial charge is 0.370 e. The molecule has 0 saturated heterocycles. The predicted octanol–water partition coefficient (Wildman–Crippen LogP) is 3.32. The maximum Gasteiger partial charge on any atom is 0.225 e. The molecule has 8 nitrogen and oxygen atoms in total. The Morgan fingerprint density at radius 3 is 2.65 bits per heavy atom. The average Bonchev–Trinajstić information content (AvgIpc) is 3.34. The van der Waals surface area contributed by atoms with Gasteiger partial charge in [0.2, 0.25) is 11.9 Å². The van der Waals surface area contributed by atoms with Gasteiger partial charge in [0.25, 0.3) is 0 Å². The number of aromatic nitrogens is 2. The van der Waals surface area contributed by atoms with Gasteiger partial charge in [-0.25, -0.2) is 4.98 Å². The van der Waals surface area contributed by atoms with Crippen molar-refractivity contribution in [2.45, 2.75) is 38.5 Å². The van der Waals surface area contributed by atoms with Crippen LogP contribution in [0.15, 0.2) is 36.4 Å². The van der Waals surface area contributed by atoms with E-state index in [9.17, 15) is 4.79 Å². The molecule has 31 heavy (non-hydrogen) atoms. The summed E-state index contributed by atoms with van der Waals surface area (Å²) < 4.78 is 0. The molecular weight excluding hydrogens is 392 g/mol. The quantitative estimate of drug-likeness (QED) is 0.506. The topological polar surface area (TPSA) is 116 Å². The van der Waals surface area contributed by atoms with Crippen molar-refractivity contribution >= 4 is 28.9 Å². The predicted molar refractivity (Wildman–Crippen MR) is 122 cm³/mol. The number of amides is 1. The van der Waals surface area contributed by atoms with E-state index in [1.54, 1.807) is 0 Å². The van der Waals surface area contributed by atoms with Crippen molar-refractivity contribution in [3.63, 3.8) is 0 Å². The van der Waals surface area contributed by atoms with Crippen LogP contribution >= 0.6 is 0 Å². The summed E-state index contributed by atoms with van der Waals surface area (Å²) in [5.41, 5.74) is 11.8. The molecule has 0 unspecified atom stereocenters. The highest BCUT2D eigenvalue weighted by atomic mass is 16.5. The molecule has 0 atom stereocenters. The van der Waals surface area contributed by atoms with Gasteiger partial charge in [-0.15, -0.1) is 0 Å². The normalized spacial score (nSPS) is 16.8. The van der Waals surface area contributed by atoms with Crippen LogP contribution < -0.4 is 16.5 Å². The molecule has 8 heteroatoms. The van der Waals surface area contributed by atoms with Crippen LogP contribution in [0.2, 0.25) is 0 Å². The van der Waals surface area contributed by atoms with Crippen LogP contribution in [-0.4, -0.2) is 45.6 Å². The molecule has 4 rings (SSSR count). The number of carbonyl (C=O) groups is 1. The molecular formula is C23H30N6O2. The van der Waals surface area contributed by atoms with E-state index in [0.29, 0.717) is 30.5 Å². The smallest absolute Gasteiger partial charge is 0.225 e. The Bertz CT molecular complexity index is 938. The summed E-state index contributed by atoms with van der Waals surface area (Å²) in [7, 11) is 0. The van der Waals surface area contributed by atoms with Crippen LogP contribution in [0.3, 0.4) is 0 Å². The zero-order valence-electron chi connectivity index (χ0n) is 17.7. The number of nitrogens with two attached hydrogens (primary N) is 1. The van der Waals surface area contributed by atoms with Crippen LogP contribution in [0.5, 0.6) is 0 Å². The Kier molecular flexibility index (Phi) is 6.66. The minimum Gasteiger partial charge on any atom is -0.370 e. The lowest BCUT2D eigenvalue weighted by molar-refractivity contribution is -0.134. The zero-order chi connectivity index (χ0) is 21.6. The van der Waals surface area contributed by atoms with E-state index < -0.39 is 0 Å². The number of nitrogen functional groups attached to an aromatic ring is 1. The van der Waals surface area contributed by atoms with Gasteiger partial charge in [0.15, 0.2) is 0 Å². The van der Waals surface area contributed by atoms with Crippen molar-refractivity contribution in [1.29, 1.82) is 0 Å². The second-order valence-electron chi connectivity index (χ2n) is 8.23. The summed E-state index contributed by atoms with van der Waals surface area (Å²) in [4.78, 5) is 23.3. The van der Waals surface area contributed by atoms with Crippen LogP contribution in [0.1, 0.15) is 43.4 Å². The molecule has 0 bridgehead atoms. The van der Waals surface area contributed by atoms with Crippen molar-refractivity contribution in [2.24, 2.45) is 5.92 Å². The molecule has 1 aromatic carbocycles. The molecule has 2 aromatic rings. The number of rotatable bonds is 7. The van der Waals surface area contributed by atoms with E-state index in [1.165, 1.54) is 12.8 Å². The lowest BCUT2D eigenvalue weighted by Gasteiger charge is -2.28. The number of benzene rings is 1. The summed E-state index contributed by atoms with van der Waals surface area (Å²) in [6.45, 7) is 2.06. The molecule has 1 amide bonds. The van der Waals surface area contributed by atoms with Crippen LogP contribution in [-0.2, 0) is 11.2 Å². The van der Waals surface area contributed by atoms with Crippen LogP contribution in [0, 0.1) is 5.92 Å². The fraction of sp³-hybridized carbons (Fsp3) is 0.435. The highest BCUT2D eigenvalue weighted by molar-refractivity contribution is 5.80. The standard InChI is InChI=1S/C23H30N6O2/c24-23-26-20(17-10-13-29(14-11-17)22(30)18-3-1-2-4-18)15-21(27-23)25-12-9-16-5-7-19(28-31)8-6-16/h5-8,10,15,18,28,31H,1-4,9,11-14H2,(H3,24,25,26,27). The van der Waals surface area contributed by atoms with Gasteiger partial charge in [-0.1, -0.05) is 31.1 Å². The Morgan fingerprint density at radius 2 is 1.97 bits per heavy atom. The second kappa shape index (κ2) is 9.78. The van der Waals surface area contributed by atoms with Gasteiger partial charge in [-0.2, -0.15) is 4.98 Å². The second-order valence-corrected chi connectivity index (χ2v) is 8.23. The van der Waals surface area contributed by atoms with Gasteiger partial charge < -0.3 is 16.0 Å². The monoisotopic (exact) mass is 422 g/mol. The maximum atomic E-state index is 12.6. The average molecular weight is 423 g/mol. The van der Waals surface area contributed by atoms with E-state index in [4.69, 9.17) is 10.9 Å². The van der Waals surface area contributed by atoms with E-state index >= 15 is 0 Å². The number of carbonyl (C=O) groups excluding carboxylic acids is 1. The van der Waals surface area contributed by atoms with Crippen LogP contribution in [0.4, 0.5) is 17.5 Å². The van der Waals surface area contributed by atoms with Gasteiger partial charge in [0, 0.05) is 31.6 Å². The number of nitrogens with zero attached hydrogens (tertiary/aromatic N) is 3. The van der Waals surface area contributed by atoms with Crippen molar-refractivity contribution in [1.82, 2.24) is 14.9 Å². The third-order valence-corrected chi connectivity index (χ3v) is 6.10. The molecule has 0 spiro atoms. The number of nitrogens with one attached hydrogen (secondary N) is 2. The van der Waals surface area contributed by atoms with Crippen LogP contribution in [0.25, 0.3) is 5.57 Å². The molecule has 1 fully saturated rings. The first-order valence-electron chi connectivity index (χ1n) is 11.0. The third kappa shape index (κ3) is 5.32. The minimum absolute atomic E-state index is 0.219. The summed E-state index contributed by atoms with van der Waals surface area (Å²) in [6, 6.07) is 9.51. The molecule has 1 saturated carbocycles. The fourth-order valence-corrected chi connectivity index (χ4v) is 4.33. The van der Waals surface area contributed by atoms with Crippen molar-refractivity contribution in [3.8, 4) is 0 Å². The van der Waals surface area contributed by atoms with Gasteiger partial charge >= 0.3 is 0 Å². The molecule has 1 aliphatic carbocycles. The summed E-state index contributed by atoms with van der Waals surface area (Å²) in [5.74, 6) is 1.46. The molecule has 0 radical (unpaired) electrons. The molecule has 2 heterocycles. The Balaban J connectivity index is 1.35. The maximum absolute atomic E-state index is 12.6. The first-order chi connectivity index (χ1) is 15.1. The summed E-state index contributed by atoms with van der Waals surface area (Å²) in [5, 5.41) is 12.2. The van der Waals surface area contributed by atoms with Gasteiger partial charge in [-0.3, -0.25) is 15.5 Å². The van der Waals surface area contributed by atoms with Crippen molar-refractivity contribution in [3.05, 3.63) is 47.7 Å². The minimum atomic E-state index is 0.219. The van der Waals surface area contributed by atoms with Crippen molar-refractivity contribution in [2.75, 3.05) is 36.2 Å². The van der Waals surface area contributed by atoms with E-state index in [2.05, 4.69) is 26.8 Å². The van der Waals surface area contributed by atoms with Gasteiger partial charge in [0.1, 0.15) is 5.82 Å².